The highest BCUT2D eigenvalue weighted by Gasteiger charge is 2.56. The summed E-state index contributed by atoms with van der Waals surface area (Å²) in [6.45, 7) is 3.43. The van der Waals surface area contributed by atoms with E-state index in [2.05, 4.69) is 22.9 Å². The quantitative estimate of drug-likeness (QED) is 0.749. The summed E-state index contributed by atoms with van der Waals surface area (Å²) in [4.78, 5) is 28.3. The Balaban J connectivity index is 1.32. The molecule has 1 aromatic rings. The summed E-state index contributed by atoms with van der Waals surface area (Å²) in [5.41, 5.74) is 0.975. The molecule has 6 heteroatoms. The number of nitrogens with one attached hydrogen (secondary N) is 3. The van der Waals surface area contributed by atoms with E-state index in [9.17, 15) is 9.59 Å². The second-order valence-corrected chi connectivity index (χ2v) is 8.71. The van der Waals surface area contributed by atoms with Crippen molar-refractivity contribution in [3.63, 3.8) is 0 Å². The Bertz CT molecular complexity index is 786. The molecule has 5 rings (SSSR count). The lowest BCUT2D eigenvalue weighted by molar-refractivity contribution is -0.146. The van der Waals surface area contributed by atoms with Gasteiger partial charge in [-0.25, -0.2) is 0 Å². The molecule has 4 aliphatic rings. The number of likely N-dealkylation sites (tertiary alicyclic amines) is 1. The summed E-state index contributed by atoms with van der Waals surface area (Å²) in [6.07, 6.45) is 5.49. The molecule has 0 aliphatic carbocycles. The van der Waals surface area contributed by atoms with E-state index in [4.69, 9.17) is 0 Å². The van der Waals surface area contributed by atoms with Gasteiger partial charge in [0.1, 0.15) is 5.54 Å². The molecule has 1 spiro atoms. The van der Waals surface area contributed by atoms with Gasteiger partial charge in [-0.2, -0.15) is 0 Å². The molecule has 0 saturated carbocycles. The van der Waals surface area contributed by atoms with E-state index in [1.807, 2.05) is 29.2 Å². The summed E-state index contributed by atoms with van der Waals surface area (Å²) in [5.74, 6) is 0.330. The Morgan fingerprint density at radius 2 is 1.93 bits per heavy atom. The van der Waals surface area contributed by atoms with Crippen molar-refractivity contribution in [1.82, 2.24) is 10.2 Å². The van der Waals surface area contributed by atoms with E-state index in [0.29, 0.717) is 43.9 Å². The Kier molecular flexibility index (Phi) is 3.76. The van der Waals surface area contributed by atoms with Crippen molar-refractivity contribution in [1.29, 1.82) is 0 Å². The number of anilines is 2. The molecule has 27 heavy (non-hydrogen) atoms. The number of rotatable bonds is 2. The zero-order valence-corrected chi connectivity index (χ0v) is 15.9. The number of fused-ring (bicyclic) bond motifs is 3. The Morgan fingerprint density at radius 1 is 1.19 bits per heavy atom. The number of para-hydroxylation sites is 2. The van der Waals surface area contributed by atoms with E-state index in [1.165, 1.54) is 6.42 Å². The van der Waals surface area contributed by atoms with Crippen LogP contribution in [0.1, 0.15) is 45.4 Å². The van der Waals surface area contributed by atoms with Crippen LogP contribution in [-0.2, 0) is 9.59 Å². The van der Waals surface area contributed by atoms with E-state index >= 15 is 0 Å². The van der Waals surface area contributed by atoms with Gasteiger partial charge in [0.2, 0.25) is 11.8 Å². The van der Waals surface area contributed by atoms with Gasteiger partial charge in [0.25, 0.3) is 0 Å². The second-order valence-electron chi connectivity index (χ2n) is 8.71. The second kappa shape index (κ2) is 5.96. The maximum absolute atomic E-state index is 13.5. The van der Waals surface area contributed by atoms with Crippen molar-refractivity contribution >= 4 is 23.2 Å². The topological polar surface area (TPSA) is 73.5 Å². The van der Waals surface area contributed by atoms with E-state index in [0.717, 1.165) is 30.6 Å². The molecule has 3 N–H and O–H groups in total. The molecule has 3 fully saturated rings. The first kappa shape index (κ1) is 17.0. The highest BCUT2D eigenvalue weighted by molar-refractivity contribution is 6.06. The maximum atomic E-state index is 13.5. The molecule has 0 unspecified atom stereocenters. The molecule has 2 bridgehead atoms. The van der Waals surface area contributed by atoms with Crippen molar-refractivity contribution in [3.05, 3.63) is 24.3 Å². The predicted molar refractivity (Wildman–Crippen MR) is 105 cm³/mol. The maximum Gasteiger partial charge on any atom is 0.250 e. The normalized spacial score (nSPS) is 33.5. The molecule has 3 saturated heterocycles. The van der Waals surface area contributed by atoms with E-state index < -0.39 is 5.54 Å². The largest absolute Gasteiger partial charge is 0.369 e. The Hall–Kier alpha value is -2.08. The van der Waals surface area contributed by atoms with Gasteiger partial charge in [0.15, 0.2) is 0 Å². The lowest BCUT2D eigenvalue weighted by Crippen LogP contribution is -2.61. The van der Waals surface area contributed by atoms with Crippen LogP contribution in [0.4, 0.5) is 11.4 Å². The zero-order chi connectivity index (χ0) is 18.6. The van der Waals surface area contributed by atoms with Crippen molar-refractivity contribution in [2.45, 2.75) is 63.1 Å². The number of benzene rings is 1. The molecular formula is C21H28N4O2. The summed E-state index contributed by atoms with van der Waals surface area (Å²) in [6, 6.07) is 8.66. The molecule has 2 amide bonds. The third-order valence-electron chi connectivity index (χ3n) is 7.46. The van der Waals surface area contributed by atoms with Crippen LogP contribution in [0.15, 0.2) is 24.3 Å². The number of hydrogen-bond donors (Lipinski definition) is 3. The van der Waals surface area contributed by atoms with Crippen LogP contribution in [0.5, 0.6) is 0 Å². The number of amides is 2. The van der Waals surface area contributed by atoms with Gasteiger partial charge in [-0.3, -0.25) is 9.59 Å². The first-order valence-corrected chi connectivity index (χ1v) is 10.3. The van der Waals surface area contributed by atoms with Crippen molar-refractivity contribution in [3.8, 4) is 0 Å². The smallest absolute Gasteiger partial charge is 0.250 e. The van der Waals surface area contributed by atoms with E-state index in [-0.39, 0.29) is 11.3 Å². The summed E-state index contributed by atoms with van der Waals surface area (Å²) in [5, 5.41) is 10.2. The van der Waals surface area contributed by atoms with Crippen molar-refractivity contribution in [2.24, 2.45) is 5.41 Å². The summed E-state index contributed by atoms with van der Waals surface area (Å²) >= 11 is 0. The number of nitrogens with zero attached hydrogens (tertiary/aromatic N) is 1. The molecule has 0 radical (unpaired) electrons. The third-order valence-corrected chi connectivity index (χ3v) is 7.46. The SMILES string of the molecule is CC[C@@]1(C(=O)N2CCC3(CC2)Nc2ccccc2NC3=O)C[C@@H]2CC[C@H]1N2. The molecule has 4 heterocycles. The monoisotopic (exact) mass is 368 g/mol. The van der Waals surface area contributed by atoms with Gasteiger partial charge < -0.3 is 20.9 Å². The first-order chi connectivity index (χ1) is 13.1. The number of hydrogen-bond acceptors (Lipinski definition) is 4. The lowest BCUT2D eigenvalue weighted by Gasteiger charge is -2.47. The zero-order valence-electron chi connectivity index (χ0n) is 15.9. The van der Waals surface area contributed by atoms with Crippen LogP contribution in [0, 0.1) is 5.41 Å². The molecule has 3 atom stereocenters. The average molecular weight is 368 g/mol. The minimum atomic E-state index is -0.600. The van der Waals surface area contributed by atoms with Crippen LogP contribution in [0.25, 0.3) is 0 Å². The van der Waals surface area contributed by atoms with Gasteiger partial charge in [-0.05, 0) is 50.7 Å². The van der Waals surface area contributed by atoms with Crippen molar-refractivity contribution in [2.75, 3.05) is 23.7 Å². The fourth-order valence-electron chi connectivity index (χ4n) is 5.79. The predicted octanol–water partition coefficient (Wildman–Crippen LogP) is 2.33. The van der Waals surface area contributed by atoms with Crippen LogP contribution < -0.4 is 16.0 Å². The minimum Gasteiger partial charge on any atom is -0.369 e. The third kappa shape index (κ3) is 2.42. The lowest BCUT2D eigenvalue weighted by atomic mass is 9.70. The van der Waals surface area contributed by atoms with Crippen LogP contribution in [-0.4, -0.2) is 47.4 Å². The molecular weight excluding hydrogens is 340 g/mol. The van der Waals surface area contributed by atoms with Crippen LogP contribution in [0.3, 0.4) is 0 Å². The molecule has 144 valence electrons. The number of carbonyl (C=O) groups excluding carboxylic acids is 2. The minimum absolute atomic E-state index is 0.0279. The molecule has 6 nitrogen and oxygen atoms in total. The highest BCUT2D eigenvalue weighted by Crippen LogP contribution is 2.47. The Morgan fingerprint density at radius 3 is 2.56 bits per heavy atom. The number of piperidine rings is 1. The van der Waals surface area contributed by atoms with Crippen molar-refractivity contribution < 1.29 is 9.59 Å². The van der Waals surface area contributed by atoms with Gasteiger partial charge in [-0.15, -0.1) is 0 Å². The molecule has 4 aliphatic heterocycles. The fraction of sp³-hybridized carbons (Fsp3) is 0.619. The van der Waals surface area contributed by atoms with Crippen LogP contribution in [0.2, 0.25) is 0 Å². The summed E-state index contributed by atoms with van der Waals surface area (Å²) in [7, 11) is 0. The van der Waals surface area contributed by atoms with Gasteiger partial charge >= 0.3 is 0 Å². The standard InChI is InChI=1S/C21H28N4O2/c1-2-20(13-14-7-8-17(20)22-14)19(27)25-11-9-21(10-12-25)18(26)23-15-5-3-4-6-16(15)24-21/h3-6,14,17,22,24H,2,7-13H2,1H3,(H,23,26)/t14-,17+,20+/m0/s1. The van der Waals surface area contributed by atoms with E-state index in [1.54, 1.807) is 0 Å². The van der Waals surface area contributed by atoms with Gasteiger partial charge in [-0.1, -0.05) is 19.1 Å². The van der Waals surface area contributed by atoms with Gasteiger partial charge in [0, 0.05) is 25.2 Å². The molecule has 1 aromatic carbocycles. The molecule has 0 aromatic heterocycles. The first-order valence-electron chi connectivity index (χ1n) is 10.3. The average Bonchev–Trinajstić information content (AvgIpc) is 3.31. The fourth-order valence-corrected chi connectivity index (χ4v) is 5.79. The number of carbonyl (C=O) groups is 2. The summed E-state index contributed by atoms with van der Waals surface area (Å²) < 4.78 is 0. The van der Waals surface area contributed by atoms with Crippen LogP contribution >= 0.6 is 0 Å². The highest BCUT2D eigenvalue weighted by atomic mass is 16.2. The Labute approximate surface area is 160 Å². The van der Waals surface area contributed by atoms with Gasteiger partial charge in [0.05, 0.1) is 16.8 Å².